The van der Waals surface area contributed by atoms with Crippen LogP contribution in [0.25, 0.3) is 11.0 Å². The van der Waals surface area contributed by atoms with Gasteiger partial charge in [0.05, 0.1) is 13.3 Å². The summed E-state index contributed by atoms with van der Waals surface area (Å²) in [7, 11) is -3.07. The molecular weight excluding hydrogens is 471 g/mol. The zero-order valence-electron chi connectivity index (χ0n) is 13.9. The minimum atomic E-state index is -4.15. The molecule has 3 aromatic rings. The summed E-state index contributed by atoms with van der Waals surface area (Å²) in [6.07, 6.45) is -2.15. The van der Waals surface area contributed by atoms with Crippen LogP contribution in [0.5, 0.6) is 11.6 Å². The SMILES string of the molecule is COc1nc(NS(=O)(=O)c2c[nH]c3nc(Br)ccc23)ncc1OC(F)(F)CF. The van der Waals surface area contributed by atoms with E-state index in [1.807, 2.05) is 0 Å². The van der Waals surface area contributed by atoms with Gasteiger partial charge in [0.25, 0.3) is 15.9 Å². The Morgan fingerprint density at radius 3 is 2.75 bits per heavy atom. The smallest absolute Gasteiger partial charge is 0.427 e. The summed E-state index contributed by atoms with van der Waals surface area (Å²) in [6.45, 7) is -2.07. The summed E-state index contributed by atoms with van der Waals surface area (Å²) in [4.78, 5) is 13.9. The topological polar surface area (TPSA) is 119 Å². The lowest BCUT2D eigenvalue weighted by Gasteiger charge is -2.16. The van der Waals surface area contributed by atoms with Crippen LogP contribution >= 0.6 is 15.9 Å². The number of fused-ring (bicyclic) bond motifs is 1. The second kappa shape index (κ2) is 7.43. The number of hydrogen-bond donors (Lipinski definition) is 2. The van der Waals surface area contributed by atoms with Crippen LogP contribution in [0.1, 0.15) is 0 Å². The lowest BCUT2D eigenvalue weighted by molar-refractivity contribution is -0.187. The Bertz CT molecular complexity index is 1130. The van der Waals surface area contributed by atoms with E-state index in [1.165, 1.54) is 12.3 Å². The Hall–Kier alpha value is -2.61. The van der Waals surface area contributed by atoms with Gasteiger partial charge in [0, 0.05) is 11.6 Å². The molecule has 3 aromatic heterocycles. The quantitative estimate of drug-likeness (QED) is 0.497. The Morgan fingerprint density at radius 2 is 2.07 bits per heavy atom. The Kier molecular flexibility index (Phi) is 5.34. The standard InChI is InChI=1S/C14H11BrF3N5O4S/c1-26-12-8(27-14(17,18)6-16)4-20-13(22-12)23-28(24,25)9-5-19-11-7(9)2-3-10(15)21-11/h2-5H,6H2,1H3,(H,19,21)(H,20,22,23). The summed E-state index contributed by atoms with van der Waals surface area (Å²) in [5.74, 6) is -1.63. The molecule has 0 saturated carbocycles. The molecule has 0 fully saturated rings. The molecule has 0 atom stereocenters. The van der Waals surface area contributed by atoms with Gasteiger partial charge in [-0.1, -0.05) is 0 Å². The first-order valence-electron chi connectivity index (χ1n) is 7.35. The van der Waals surface area contributed by atoms with Crippen molar-refractivity contribution in [1.82, 2.24) is 19.9 Å². The lowest BCUT2D eigenvalue weighted by Crippen LogP contribution is -2.27. The van der Waals surface area contributed by atoms with E-state index < -0.39 is 40.4 Å². The van der Waals surface area contributed by atoms with Crippen LogP contribution in [0, 0.1) is 0 Å². The third-order valence-corrected chi connectivity index (χ3v) is 5.12. The van der Waals surface area contributed by atoms with Gasteiger partial charge >= 0.3 is 6.11 Å². The van der Waals surface area contributed by atoms with Crippen molar-refractivity contribution in [1.29, 1.82) is 0 Å². The summed E-state index contributed by atoms with van der Waals surface area (Å²) < 4.78 is 75.1. The van der Waals surface area contributed by atoms with Crippen molar-refractivity contribution < 1.29 is 31.1 Å². The van der Waals surface area contributed by atoms with Crippen LogP contribution in [0.4, 0.5) is 19.1 Å². The van der Waals surface area contributed by atoms with E-state index in [9.17, 15) is 21.6 Å². The average molecular weight is 482 g/mol. The van der Waals surface area contributed by atoms with Crippen molar-refractivity contribution in [2.45, 2.75) is 11.0 Å². The molecular formula is C14H11BrF3N5O4S. The van der Waals surface area contributed by atoms with Crippen molar-refractivity contribution in [3.05, 3.63) is 29.1 Å². The first kappa shape index (κ1) is 20.1. The number of pyridine rings is 1. The van der Waals surface area contributed by atoms with Gasteiger partial charge in [-0.3, -0.25) is 0 Å². The van der Waals surface area contributed by atoms with Crippen LogP contribution in [0.15, 0.2) is 34.0 Å². The zero-order valence-corrected chi connectivity index (χ0v) is 16.3. The fourth-order valence-corrected chi connectivity index (χ4v) is 3.59. The molecule has 0 saturated heterocycles. The Labute approximate surface area is 164 Å². The predicted molar refractivity (Wildman–Crippen MR) is 94.7 cm³/mol. The molecule has 0 aliphatic rings. The van der Waals surface area contributed by atoms with E-state index in [1.54, 1.807) is 6.07 Å². The fraction of sp³-hybridized carbons (Fsp3) is 0.214. The molecule has 0 aromatic carbocycles. The van der Waals surface area contributed by atoms with Crippen molar-refractivity contribution in [3.8, 4) is 11.6 Å². The van der Waals surface area contributed by atoms with Crippen LogP contribution in [-0.2, 0) is 10.0 Å². The van der Waals surface area contributed by atoms with Gasteiger partial charge in [-0.05, 0) is 28.1 Å². The summed E-state index contributed by atoms with van der Waals surface area (Å²) in [5.41, 5.74) is 0.324. The van der Waals surface area contributed by atoms with Crippen LogP contribution < -0.4 is 14.2 Å². The molecule has 3 heterocycles. The van der Waals surface area contributed by atoms with E-state index >= 15 is 0 Å². The van der Waals surface area contributed by atoms with Crippen LogP contribution in [0.3, 0.4) is 0 Å². The normalized spacial score (nSPS) is 12.2. The number of nitrogens with zero attached hydrogens (tertiary/aromatic N) is 3. The first-order valence-corrected chi connectivity index (χ1v) is 9.63. The molecule has 28 heavy (non-hydrogen) atoms. The highest BCUT2D eigenvalue weighted by Crippen LogP contribution is 2.31. The molecule has 0 radical (unpaired) electrons. The van der Waals surface area contributed by atoms with Crippen molar-refractivity contribution in [2.75, 3.05) is 18.5 Å². The number of halogens is 4. The number of aromatic nitrogens is 4. The summed E-state index contributed by atoms with van der Waals surface area (Å²) in [6, 6.07) is 3.10. The van der Waals surface area contributed by atoms with E-state index in [2.05, 4.69) is 45.3 Å². The minimum absolute atomic E-state index is 0.130. The third kappa shape index (κ3) is 4.11. The number of methoxy groups -OCH3 is 1. The van der Waals surface area contributed by atoms with Crippen molar-refractivity contribution in [3.63, 3.8) is 0 Å². The molecule has 9 nitrogen and oxygen atoms in total. The first-order chi connectivity index (χ1) is 13.1. The van der Waals surface area contributed by atoms with Gasteiger partial charge < -0.3 is 14.5 Å². The highest BCUT2D eigenvalue weighted by atomic mass is 79.9. The van der Waals surface area contributed by atoms with Crippen molar-refractivity contribution in [2.24, 2.45) is 0 Å². The number of ether oxygens (including phenoxy) is 2. The van der Waals surface area contributed by atoms with Gasteiger partial charge in [0.1, 0.15) is 15.1 Å². The number of sulfonamides is 1. The molecule has 0 unspecified atom stereocenters. The molecule has 0 amide bonds. The maximum absolute atomic E-state index is 13.1. The number of hydrogen-bond acceptors (Lipinski definition) is 7. The minimum Gasteiger partial charge on any atom is -0.478 e. The number of aromatic amines is 1. The maximum Gasteiger partial charge on any atom is 0.427 e. The number of rotatable bonds is 7. The second-order valence-electron chi connectivity index (χ2n) is 5.23. The predicted octanol–water partition coefficient (Wildman–Crippen LogP) is 2.87. The van der Waals surface area contributed by atoms with Gasteiger partial charge in [0.15, 0.2) is 6.67 Å². The third-order valence-electron chi connectivity index (χ3n) is 3.31. The van der Waals surface area contributed by atoms with E-state index in [-0.39, 0.29) is 4.90 Å². The van der Waals surface area contributed by atoms with E-state index in [0.29, 0.717) is 15.6 Å². The van der Waals surface area contributed by atoms with Crippen molar-refractivity contribution >= 4 is 42.9 Å². The largest absolute Gasteiger partial charge is 0.478 e. The van der Waals surface area contributed by atoms with Gasteiger partial charge in [0.2, 0.25) is 11.7 Å². The molecule has 14 heteroatoms. The van der Waals surface area contributed by atoms with E-state index in [0.717, 1.165) is 13.3 Å². The maximum atomic E-state index is 13.1. The summed E-state index contributed by atoms with van der Waals surface area (Å²) in [5, 5.41) is 0.310. The molecule has 3 rings (SSSR count). The average Bonchev–Trinajstić information content (AvgIpc) is 3.06. The lowest BCUT2D eigenvalue weighted by atomic mass is 10.3. The van der Waals surface area contributed by atoms with Crippen LogP contribution in [0.2, 0.25) is 0 Å². The zero-order chi connectivity index (χ0) is 20.5. The van der Waals surface area contributed by atoms with Crippen LogP contribution in [-0.4, -0.2) is 48.2 Å². The molecule has 0 aliphatic carbocycles. The molecule has 0 aliphatic heterocycles. The number of H-pyrrole nitrogens is 1. The van der Waals surface area contributed by atoms with Gasteiger partial charge in [-0.15, -0.1) is 0 Å². The number of nitrogens with one attached hydrogen (secondary N) is 2. The fourth-order valence-electron chi connectivity index (χ4n) is 2.16. The van der Waals surface area contributed by atoms with Gasteiger partial charge in [-0.25, -0.2) is 27.5 Å². The number of anilines is 1. The number of alkyl halides is 3. The highest BCUT2D eigenvalue weighted by Gasteiger charge is 2.33. The molecule has 0 spiro atoms. The monoisotopic (exact) mass is 481 g/mol. The van der Waals surface area contributed by atoms with E-state index in [4.69, 9.17) is 4.74 Å². The Morgan fingerprint density at radius 1 is 1.32 bits per heavy atom. The van der Waals surface area contributed by atoms with Gasteiger partial charge in [-0.2, -0.15) is 13.8 Å². The molecule has 2 N–H and O–H groups in total. The highest BCUT2D eigenvalue weighted by molar-refractivity contribution is 9.10. The Balaban J connectivity index is 1.91. The molecule has 150 valence electrons. The second-order valence-corrected chi connectivity index (χ2v) is 7.69. The molecule has 0 bridgehead atoms. The summed E-state index contributed by atoms with van der Waals surface area (Å²) >= 11 is 3.18.